The second-order valence-electron chi connectivity index (χ2n) is 3.27. The van der Waals surface area contributed by atoms with Crippen LogP contribution in [0.3, 0.4) is 0 Å². The SMILES string of the molecule is CCCCOC(=O)/C=C/c1ccc(Cl)nc1. The zero-order valence-electron chi connectivity index (χ0n) is 9.15. The summed E-state index contributed by atoms with van der Waals surface area (Å²) >= 11 is 5.63. The monoisotopic (exact) mass is 239 g/mol. The fraction of sp³-hybridized carbons (Fsp3) is 0.333. The molecule has 0 aliphatic carbocycles. The molecular weight excluding hydrogens is 226 g/mol. The van der Waals surface area contributed by atoms with Crippen LogP contribution in [0, 0.1) is 0 Å². The third-order valence-electron chi connectivity index (χ3n) is 1.90. The van der Waals surface area contributed by atoms with Crippen molar-refractivity contribution in [2.75, 3.05) is 6.61 Å². The van der Waals surface area contributed by atoms with Gasteiger partial charge in [-0.1, -0.05) is 31.0 Å². The molecule has 1 heterocycles. The largest absolute Gasteiger partial charge is 0.463 e. The minimum atomic E-state index is -0.330. The van der Waals surface area contributed by atoms with Gasteiger partial charge in [-0.25, -0.2) is 9.78 Å². The van der Waals surface area contributed by atoms with Gasteiger partial charge in [-0.05, 0) is 24.1 Å². The molecule has 0 saturated carbocycles. The highest BCUT2D eigenvalue weighted by Gasteiger charge is 1.96. The number of pyridine rings is 1. The number of aromatic nitrogens is 1. The van der Waals surface area contributed by atoms with E-state index in [4.69, 9.17) is 16.3 Å². The first-order chi connectivity index (χ1) is 7.72. The van der Waals surface area contributed by atoms with E-state index >= 15 is 0 Å². The highest BCUT2D eigenvalue weighted by Crippen LogP contribution is 2.06. The molecule has 0 aliphatic rings. The summed E-state index contributed by atoms with van der Waals surface area (Å²) in [6, 6.07) is 3.45. The Labute approximate surface area is 100 Å². The van der Waals surface area contributed by atoms with E-state index in [0.717, 1.165) is 18.4 Å². The average Bonchev–Trinajstić information content (AvgIpc) is 2.29. The Bertz CT molecular complexity index is 360. The number of hydrogen-bond donors (Lipinski definition) is 0. The number of esters is 1. The Kier molecular flexibility index (Phi) is 5.57. The molecular formula is C12H14ClNO2. The predicted molar refractivity (Wildman–Crippen MR) is 64.1 cm³/mol. The van der Waals surface area contributed by atoms with Crippen molar-refractivity contribution in [1.29, 1.82) is 0 Å². The molecule has 1 aromatic rings. The van der Waals surface area contributed by atoms with Crippen LogP contribution in [0.2, 0.25) is 5.15 Å². The minimum Gasteiger partial charge on any atom is -0.463 e. The van der Waals surface area contributed by atoms with Crippen LogP contribution in [0.25, 0.3) is 6.08 Å². The first kappa shape index (κ1) is 12.7. The van der Waals surface area contributed by atoms with Crippen molar-refractivity contribution < 1.29 is 9.53 Å². The van der Waals surface area contributed by atoms with E-state index in [9.17, 15) is 4.79 Å². The van der Waals surface area contributed by atoms with Crippen molar-refractivity contribution in [2.45, 2.75) is 19.8 Å². The molecule has 0 radical (unpaired) electrons. The first-order valence-corrected chi connectivity index (χ1v) is 5.56. The van der Waals surface area contributed by atoms with Gasteiger partial charge in [-0.2, -0.15) is 0 Å². The Balaban J connectivity index is 2.41. The van der Waals surface area contributed by atoms with Gasteiger partial charge in [0.2, 0.25) is 0 Å². The van der Waals surface area contributed by atoms with Crippen molar-refractivity contribution in [3.8, 4) is 0 Å². The molecule has 4 heteroatoms. The maximum atomic E-state index is 11.2. The number of unbranched alkanes of at least 4 members (excludes halogenated alkanes) is 1. The van der Waals surface area contributed by atoms with Gasteiger partial charge >= 0.3 is 5.97 Å². The third kappa shape index (κ3) is 4.94. The quantitative estimate of drug-likeness (QED) is 0.343. The molecule has 16 heavy (non-hydrogen) atoms. The second kappa shape index (κ2) is 7.01. The molecule has 0 unspecified atom stereocenters. The Morgan fingerprint density at radius 3 is 3.00 bits per heavy atom. The van der Waals surface area contributed by atoms with E-state index in [1.54, 1.807) is 24.4 Å². The normalized spacial score (nSPS) is 10.6. The van der Waals surface area contributed by atoms with Crippen LogP contribution in [-0.4, -0.2) is 17.6 Å². The molecule has 0 N–H and O–H groups in total. The highest BCUT2D eigenvalue weighted by atomic mass is 35.5. The summed E-state index contributed by atoms with van der Waals surface area (Å²) in [6.07, 6.45) is 6.54. The Morgan fingerprint density at radius 1 is 1.56 bits per heavy atom. The minimum absolute atomic E-state index is 0.330. The topological polar surface area (TPSA) is 39.2 Å². The lowest BCUT2D eigenvalue weighted by Crippen LogP contribution is -2.01. The molecule has 0 amide bonds. The van der Waals surface area contributed by atoms with Gasteiger partial charge in [0.05, 0.1) is 6.61 Å². The zero-order valence-corrected chi connectivity index (χ0v) is 9.91. The van der Waals surface area contributed by atoms with Crippen LogP contribution in [0.1, 0.15) is 25.3 Å². The van der Waals surface area contributed by atoms with Crippen LogP contribution >= 0.6 is 11.6 Å². The summed E-state index contributed by atoms with van der Waals surface area (Å²) in [5, 5.41) is 0.433. The van der Waals surface area contributed by atoms with Crippen molar-refractivity contribution in [1.82, 2.24) is 4.98 Å². The van der Waals surface area contributed by atoms with Gasteiger partial charge in [-0.15, -0.1) is 0 Å². The van der Waals surface area contributed by atoms with Crippen molar-refractivity contribution in [3.05, 3.63) is 35.1 Å². The van der Waals surface area contributed by atoms with Crippen LogP contribution in [0.15, 0.2) is 24.4 Å². The molecule has 0 atom stereocenters. The molecule has 0 aromatic carbocycles. The van der Waals surface area contributed by atoms with Gasteiger partial charge in [0, 0.05) is 12.3 Å². The molecule has 0 bridgehead atoms. The number of carbonyl (C=O) groups excluding carboxylic acids is 1. The predicted octanol–water partition coefficient (Wildman–Crippen LogP) is 3.09. The summed E-state index contributed by atoms with van der Waals surface area (Å²) in [4.78, 5) is 15.1. The number of rotatable bonds is 5. The van der Waals surface area contributed by atoms with Gasteiger partial charge in [-0.3, -0.25) is 0 Å². The summed E-state index contributed by atoms with van der Waals surface area (Å²) in [5.74, 6) is -0.330. The van der Waals surface area contributed by atoms with Gasteiger partial charge < -0.3 is 4.74 Å². The van der Waals surface area contributed by atoms with Gasteiger partial charge in [0.25, 0.3) is 0 Å². The van der Waals surface area contributed by atoms with E-state index in [-0.39, 0.29) is 5.97 Å². The Morgan fingerprint density at radius 2 is 2.38 bits per heavy atom. The van der Waals surface area contributed by atoms with Crippen molar-refractivity contribution in [2.24, 2.45) is 0 Å². The first-order valence-electron chi connectivity index (χ1n) is 5.18. The molecule has 1 rings (SSSR count). The zero-order chi connectivity index (χ0) is 11.8. The molecule has 0 saturated heterocycles. The van der Waals surface area contributed by atoms with E-state index < -0.39 is 0 Å². The lowest BCUT2D eigenvalue weighted by atomic mass is 10.2. The highest BCUT2D eigenvalue weighted by molar-refractivity contribution is 6.29. The second-order valence-corrected chi connectivity index (χ2v) is 3.66. The van der Waals surface area contributed by atoms with Crippen LogP contribution in [-0.2, 0) is 9.53 Å². The standard InChI is InChI=1S/C12H14ClNO2/c1-2-3-8-16-12(15)7-5-10-4-6-11(13)14-9-10/h4-7,9H,2-3,8H2,1H3/b7-5+. The molecule has 86 valence electrons. The smallest absolute Gasteiger partial charge is 0.330 e. The third-order valence-corrected chi connectivity index (χ3v) is 2.13. The number of hydrogen-bond acceptors (Lipinski definition) is 3. The summed E-state index contributed by atoms with van der Waals surface area (Å²) < 4.78 is 4.96. The molecule has 0 aliphatic heterocycles. The Hall–Kier alpha value is -1.35. The van der Waals surface area contributed by atoms with E-state index in [1.165, 1.54) is 6.08 Å². The number of nitrogens with zero attached hydrogens (tertiary/aromatic N) is 1. The molecule has 0 fully saturated rings. The maximum absolute atomic E-state index is 11.2. The number of ether oxygens (including phenoxy) is 1. The van der Waals surface area contributed by atoms with Gasteiger partial charge in [0.1, 0.15) is 5.15 Å². The van der Waals surface area contributed by atoms with Crippen molar-refractivity contribution in [3.63, 3.8) is 0 Å². The lowest BCUT2D eigenvalue weighted by Gasteiger charge is -1.98. The summed E-state index contributed by atoms with van der Waals surface area (Å²) in [7, 11) is 0. The summed E-state index contributed by atoms with van der Waals surface area (Å²) in [6.45, 7) is 2.52. The fourth-order valence-electron chi connectivity index (χ4n) is 1.02. The van der Waals surface area contributed by atoms with E-state index in [0.29, 0.717) is 11.8 Å². The average molecular weight is 240 g/mol. The molecule has 0 spiro atoms. The number of halogens is 1. The van der Waals surface area contributed by atoms with E-state index in [2.05, 4.69) is 4.98 Å². The maximum Gasteiger partial charge on any atom is 0.330 e. The van der Waals surface area contributed by atoms with Gasteiger partial charge in [0.15, 0.2) is 0 Å². The fourth-order valence-corrected chi connectivity index (χ4v) is 1.13. The van der Waals surface area contributed by atoms with Crippen LogP contribution in [0.4, 0.5) is 0 Å². The molecule has 1 aromatic heterocycles. The van der Waals surface area contributed by atoms with Crippen molar-refractivity contribution >= 4 is 23.6 Å². The van der Waals surface area contributed by atoms with Crippen LogP contribution < -0.4 is 0 Å². The van der Waals surface area contributed by atoms with E-state index in [1.807, 2.05) is 6.92 Å². The number of carbonyl (C=O) groups is 1. The lowest BCUT2D eigenvalue weighted by molar-refractivity contribution is -0.137. The summed E-state index contributed by atoms with van der Waals surface area (Å²) in [5.41, 5.74) is 0.817. The van der Waals surface area contributed by atoms with Crippen LogP contribution in [0.5, 0.6) is 0 Å². The molecule has 3 nitrogen and oxygen atoms in total.